The van der Waals surface area contributed by atoms with E-state index in [1.807, 2.05) is 39.8 Å². The van der Waals surface area contributed by atoms with Crippen molar-refractivity contribution >= 4 is 23.8 Å². The molecular weight excluding hydrogens is 336 g/mol. The van der Waals surface area contributed by atoms with Gasteiger partial charge in [-0.15, -0.1) is 11.8 Å². The number of urea groups is 2. The maximum absolute atomic E-state index is 12.2. The molecule has 2 aliphatic heterocycles. The molecule has 4 amide bonds. The molecule has 0 spiro atoms. The maximum Gasteiger partial charge on any atom is 0.317 e. The van der Waals surface area contributed by atoms with Crippen LogP contribution in [0.4, 0.5) is 9.59 Å². The second kappa shape index (κ2) is 8.99. The van der Waals surface area contributed by atoms with Gasteiger partial charge in [0.15, 0.2) is 0 Å². The van der Waals surface area contributed by atoms with Gasteiger partial charge in [0.05, 0.1) is 0 Å². The molecule has 25 heavy (non-hydrogen) atoms. The lowest BCUT2D eigenvalue weighted by atomic mass is 10.0. The van der Waals surface area contributed by atoms with Crippen molar-refractivity contribution in [3.8, 4) is 0 Å². The van der Waals surface area contributed by atoms with E-state index >= 15 is 0 Å². The summed E-state index contributed by atoms with van der Waals surface area (Å²) in [5.74, 6) is 0.996. The zero-order valence-electron chi connectivity index (χ0n) is 14.4. The van der Waals surface area contributed by atoms with Crippen molar-refractivity contribution in [1.82, 2.24) is 20.4 Å². The zero-order chi connectivity index (χ0) is 17.5. The second-order valence-corrected chi connectivity index (χ2v) is 7.56. The Morgan fingerprint density at radius 1 is 1.20 bits per heavy atom. The number of hydrogen-bond donors (Lipinski definition) is 2. The first-order valence-corrected chi connectivity index (χ1v) is 9.98. The standard InChI is InChI=1S/C18H26N4O2S/c23-17(19-9-4-14-25-16-5-2-1-3-6-16)21-11-7-15(8-12-21)22-13-10-20-18(22)24/h1-3,5-6,15H,4,7-14H2,(H,19,23)(H,20,24). The molecule has 0 aliphatic carbocycles. The summed E-state index contributed by atoms with van der Waals surface area (Å²) in [6, 6.07) is 10.6. The minimum Gasteiger partial charge on any atom is -0.338 e. The molecule has 7 heteroatoms. The summed E-state index contributed by atoms with van der Waals surface area (Å²) in [6.07, 6.45) is 2.69. The molecule has 136 valence electrons. The van der Waals surface area contributed by atoms with E-state index in [1.54, 1.807) is 0 Å². The Morgan fingerprint density at radius 2 is 1.96 bits per heavy atom. The number of amides is 4. The van der Waals surface area contributed by atoms with E-state index in [9.17, 15) is 9.59 Å². The van der Waals surface area contributed by atoms with Crippen LogP contribution >= 0.6 is 11.8 Å². The van der Waals surface area contributed by atoms with Gasteiger partial charge in [0.25, 0.3) is 0 Å². The number of nitrogens with one attached hydrogen (secondary N) is 2. The van der Waals surface area contributed by atoms with Gasteiger partial charge in [-0.05, 0) is 37.1 Å². The highest BCUT2D eigenvalue weighted by Gasteiger charge is 2.31. The molecule has 0 bridgehead atoms. The van der Waals surface area contributed by atoms with E-state index < -0.39 is 0 Å². The maximum atomic E-state index is 12.2. The SMILES string of the molecule is O=C(NCCCSc1ccccc1)N1CCC(N2CCNC2=O)CC1. The van der Waals surface area contributed by atoms with Crippen LogP contribution in [0.15, 0.2) is 35.2 Å². The molecule has 2 heterocycles. The van der Waals surface area contributed by atoms with Crippen LogP contribution in [0.5, 0.6) is 0 Å². The lowest BCUT2D eigenvalue weighted by Crippen LogP contribution is -2.50. The Morgan fingerprint density at radius 3 is 2.64 bits per heavy atom. The highest BCUT2D eigenvalue weighted by Crippen LogP contribution is 2.19. The molecule has 1 aromatic rings. The van der Waals surface area contributed by atoms with Crippen LogP contribution in [0.3, 0.4) is 0 Å². The van der Waals surface area contributed by atoms with Crippen LogP contribution in [-0.2, 0) is 0 Å². The quantitative estimate of drug-likeness (QED) is 0.603. The molecule has 2 aliphatic rings. The van der Waals surface area contributed by atoms with E-state index in [2.05, 4.69) is 22.8 Å². The first kappa shape index (κ1) is 17.9. The van der Waals surface area contributed by atoms with E-state index in [4.69, 9.17) is 0 Å². The Labute approximate surface area is 153 Å². The fourth-order valence-electron chi connectivity index (χ4n) is 3.30. The monoisotopic (exact) mass is 362 g/mol. The van der Waals surface area contributed by atoms with Crippen LogP contribution in [0, 0.1) is 0 Å². The minimum atomic E-state index is 0.0223. The summed E-state index contributed by atoms with van der Waals surface area (Å²) in [6.45, 7) is 3.67. The van der Waals surface area contributed by atoms with Crippen molar-refractivity contribution < 1.29 is 9.59 Å². The first-order valence-electron chi connectivity index (χ1n) is 8.99. The van der Waals surface area contributed by atoms with E-state index in [1.165, 1.54) is 4.90 Å². The largest absolute Gasteiger partial charge is 0.338 e. The summed E-state index contributed by atoms with van der Waals surface area (Å²) in [5, 5.41) is 5.86. The molecular formula is C18H26N4O2S. The van der Waals surface area contributed by atoms with Gasteiger partial charge in [-0.2, -0.15) is 0 Å². The van der Waals surface area contributed by atoms with Crippen LogP contribution in [-0.4, -0.2) is 66.4 Å². The van der Waals surface area contributed by atoms with Gasteiger partial charge in [-0.3, -0.25) is 0 Å². The third-order valence-electron chi connectivity index (χ3n) is 4.69. The Balaban J connectivity index is 1.29. The van der Waals surface area contributed by atoms with Gasteiger partial charge in [-0.1, -0.05) is 18.2 Å². The predicted octanol–water partition coefficient (Wildman–Crippen LogP) is 2.37. The Kier molecular flexibility index (Phi) is 6.44. The molecule has 2 saturated heterocycles. The number of likely N-dealkylation sites (tertiary alicyclic amines) is 1. The minimum absolute atomic E-state index is 0.0223. The van der Waals surface area contributed by atoms with Gasteiger partial charge < -0.3 is 20.4 Å². The summed E-state index contributed by atoms with van der Waals surface area (Å²) in [5.41, 5.74) is 0. The highest BCUT2D eigenvalue weighted by molar-refractivity contribution is 7.99. The number of carbonyl (C=O) groups excluding carboxylic acids is 2. The number of carbonyl (C=O) groups is 2. The van der Waals surface area contributed by atoms with E-state index in [0.29, 0.717) is 6.54 Å². The molecule has 0 saturated carbocycles. The molecule has 0 unspecified atom stereocenters. The number of benzene rings is 1. The average Bonchev–Trinajstić information content (AvgIpc) is 3.08. The van der Waals surface area contributed by atoms with Gasteiger partial charge in [0.2, 0.25) is 0 Å². The number of thioether (sulfide) groups is 1. The zero-order valence-corrected chi connectivity index (χ0v) is 15.3. The molecule has 0 radical (unpaired) electrons. The Bertz CT molecular complexity index is 576. The van der Waals surface area contributed by atoms with Crippen LogP contribution < -0.4 is 10.6 Å². The normalized spacial score (nSPS) is 18.3. The molecule has 3 rings (SSSR count). The number of hydrogen-bond acceptors (Lipinski definition) is 3. The lowest BCUT2D eigenvalue weighted by molar-refractivity contribution is 0.141. The van der Waals surface area contributed by atoms with Crippen molar-refractivity contribution in [3.63, 3.8) is 0 Å². The fourth-order valence-corrected chi connectivity index (χ4v) is 4.18. The third-order valence-corrected chi connectivity index (χ3v) is 5.79. The van der Waals surface area contributed by atoms with Crippen molar-refractivity contribution in [1.29, 1.82) is 0 Å². The van der Waals surface area contributed by atoms with Gasteiger partial charge in [0, 0.05) is 43.7 Å². The van der Waals surface area contributed by atoms with Gasteiger partial charge in [-0.25, -0.2) is 9.59 Å². The summed E-state index contributed by atoms with van der Waals surface area (Å²) in [4.78, 5) is 29.0. The van der Waals surface area contributed by atoms with Crippen molar-refractivity contribution in [2.45, 2.75) is 30.2 Å². The van der Waals surface area contributed by atoms with Crippen molar-refractivity contribution in [2.24, 2.45) is 0 Å². The predicted molar refractivity (Wildman–Crippen MR) is 99.9 cm³/mol. The van der Waals surface area contributed by atoms with E-state index in [0.717, 1.165) is 51.2 Å². The summed E-state index contributed by atoms with van der Waals surface area (Å²) >= 11 is 1.81. The van der Waals surface area contributed by atoms with Crippen molar-refractivity contribution in [3.05, 3.63) is 30.3 Å². The molecule has 2 fully saturated rings. The van der Waals surface area contributed by atoms with Crippen molar-refractivity contribution in [2.75, 3.05) is 38.5 Å². The topological polar surface area (TPSA) is 64.7 Å². The second-order valence-electron chi connectivity index (χ2n) is 6.39. The average molecular weight is 362 g/mol. The van der Waals surface area contributed by atoms with Crippen LogP contribution in [0.2, 0.25) is 0 Å². The summed E-state index contributed by atoms with van der Waals surface area (Å²) in [7, 11) is 0. The summed E-state index contributed by atoms with van der Waals surface area (Å²) < 4.78 is 0. The smallest absolute Gasteiger partial charge is 0.317 e. The third kappa shape index (κ3) is 5.04. The highest BCUT2D eigenvalue weighted by atomic mass is 32.2. The van der Waals surface area contributed by atoms with Gasteiger partial charge >= 0.3 is 12.1 Å². The molecule has 2 N–H and O–H groups in total. The molecule has 6 nitrogen and oxygen atoms in total. The molecule has 0 aromatic heterocycles. The fraction of sp³-hybridized carbons (Fsp3) is 0.556. The molecule has 0 atom stereocenters. The number of piperidine rings is 1. The van der Waals surface area contributed by atoms with E-state index in [-0.39, 0.29) is 18.1 Å². The van der Waals surface area contributed by atoms with Gasteiger partial charge in [0.1, 0.15) is 0 Å². The number of rotatable bonds is 6. The Hall–Kier alpha value is -1.89. The first-order chi connectivity index (χ1) is 12.2. The number of nitrogens with zero attached hydrogens (tertiary/aromatic N) is 2. The lowest BCUT2D eigenvalue weighted by Gasteiger charge is -2.36. The van der Waals surface area contributed by atoms with Crippen LogP contribution in [0.1, 0.15) is 19.3 Å². The molecule has 1 aromatic carbocycles. The van der Waals surface area contributed by atoms with Crippen LogP contribution in [0.25, 0.3) is 0 Å².